The second-order valence-electron chi connectivity index (χ2n) is 7.43. The SMILES string of the molecule is CCCN(CCC)C(=O)CCCC(=O)NCc1ccc(COc2ccccc2)cc1. The van der Waals surface area contributed by atoms with E-state index in [1.807, 2.05) is 59.5 Å². The van der Waals surface area contributed by atoms with Gasteiger partial charge in [-0.15, -0.1) is 0 Å². The lowest BCUT2D eigenvalue weighted by Gasteiger charge is -2.21. The Morgan fingerprint density at radius 1 is 0.867 bits per heavy atom. The van der Waals surface area contributed by atoms with Gasteiger partial charge in [0, 0.05) is 32.5 Å². The summed E-state index contributed by atoms with van der Waals surface area (Å²) in [6.07, 6.45) is 3.32. The molecule has 0 heterocycles. The van der Waals surface area contributed by atoms with E-state index in [0.29, 0.717) is 32.4 Å². The fourth-order valence-electron chi connectivity index (χ4n) is 3.19. The first-order valence-corrected chi connectivity index (χ1v) is 10.9. The summed E-state index contributed by atoms with van der Waals surface area (Å²) >= 11 is 0. The average Bonchev–Trinajstić information content (AvgIpc) is 2.77. The van der Waals surface area contributed by atoms with Gasteiger partial charge >= 0.3 is 0 Å². The predicted octanol–water partition coefficient (Wildman–Crippen LogP) is 4.70. The lowest BCUT2D eigenvalue weighted by Crippen LogP contribution is -2.32. The van der Waals surface area contributed by atoms with Gasteiger partial charge in [0.2, 0.25) is 11.8 Å². The zero-order valence-electron chi connectivity index (χ0n) is 18.2. The molecular weight excluding hydrogens is 376 g/mol. The van der Waals surface area contributed by atoms with Gasteiger partial charge in [0.1, 0.15) is 12.4 Å². The highest BCUT2D eigenvalue weighted by Crippen LogP contribution is 2.12. The smallest absolute Gasteiger partial charge is 0.222 e. The van der Waals surface area contributed by atoms with Crippen molar-refractivity contribution in [2.24, 2.45) is 0 Å². The van der Waals surface area contributed by atoms with Gasteiger partial charge in [-0.2, -0.15) is 0 Å². The maximum Gasteiger partial charge on any atom is 0.222 e. The van der Waals surface area contributed by atoms with Gasteiger partial charge in [0.25, 0.3) is 0 Å². The first-order chi connectivity index (χ1) is 14.6. The topological polar surface area (TPSA) is 58.6 Å². The number of ether oxygens (including phenoxy) is 1. The summed E-state index contributed by atoms with van der Waals surface area (Å²) in [4.78, 5) is 26.2. The van der Waals surface area contributed by atoms with Crippen LogP contribution in [0.1, 0.15) is 57.1 Å². The van der Waals surface area contributed by atoms with Crippen molar-refractivity contribution in [2.75, 3.05) is 13.1 Å². The normalized spacial score (nSPS) is 10.5. The Morgan fingerprint density at radius 2 is 1.50 bits per heavy atom. The van der Waals surface area contributed by atoms with E-state index in [1.54, 1.807) is 0 Å². The molecule has 5 heteroatoms. The molecule has 0 aliphatic carbocycles. The minimum absolute atomic E-state index is 0.0168. The molecule has 30 heavy (non-hydrogen) atoms. The molecule has 0 bridgehead atoms. The van der Waals surface area contributed by atoms with Crippen LogP contribution in [-0.4, -0.2) is 29.8 Å². The highest BCUT2D eigenvalue weighted by atomic mass is 16.5. The molecule has 0 saturated heterocycles. The number of rotatable bonds is 13. The van der Waals surface area contributed by atoms with E-state index in [9.17, 15) is 9.59 Å². The van der Waals surface area contributed by atoms with Gasteiger partial charge < -0.3 is 15.0 Å². The van der Waals surface area contributed by atoms with Crippen molar-refractivity contribution in [2.45, 2.75) is 59.1 Å². The summed E-state index contributed by atoms with van der Waals surface area (Å²) in [5, 5.41) is 2.93. The minimum Gasteiger partial charge on any atom is -0.489 e. The quantitative estimate of drug-likeness (QED) is 0.521. The van der Waals surface area contributed by atoms with Crippen LogP contribution in [0.5, 0.6) is 5.75 Å². The average molecular weight is 411 g/mol. The van der Waals surface area contributed by atoms with Gasteiger partial charge in [0.05, 0.1) is 0 Å². The molecule has 2 aromatic carbocycles. The molecule has 0 aliphatic heterocycles. The van der Waals surface area contributed by atoms with Crippen LogP contribution in [0.3, 0.4) is 0 Å². The molecule has 0 radical (unpaired) electrons. The molecule has 0 aromatic heterocycles. The van der Waals surface area contributed by atoms with Gasteiger partial charge in [-0.05, 0) is 42.5 Å². The van der Waals surface area contributed by atoms with E-state index in [-0.39, 0.29) is 11.8 Å². The van der Waals surface area contributed by atoms with Gasteiger partial charge in [-0.3, -0.25) is 9.59 Å². The number of hydrogen-bond acceptors (Lipinski definition) is 3. The summed E-state index contributed by atoms with van der Waals surface area (Å²) in [7, 11) is 0. The minimum atomic E-state index is -0.0168. The highest BCUT2D eigenvalue weighted by Gasteiger charge is 2.12. The van der Waals surface area contributed by atoms with Crippen molar-refractivity contribution in [1.29, 1.82) is 0 Å². The van der Waals surface area contributed by atoms with Gasteiger partial charge in [0.15, 0.2) is 0 Å². The Kier molecular flexibility index (Phi) is 10.5. The van der Waals surface area contributed by atoms with Crippen molar-refractivity contribution >= 4 is 11.8 Å². The second-order valence-corrected chi connectivity index (χ2v) is 7.43. The fourth-order valence-corrected chi connectivity index (χ4v) is 3.19. The van der Waals surface area contributed by atoms with Crippen molar-refractivity contribution < 1.29 is 14.3 Å². The molecule has 0 unspecified atom stereocenters. The Morgan fingerprint density at radius 3 is 2.13 bits per heavy atom. The summed E-state index contributed by atoms with van der Waals surface area (Å²) in [5.41, 5.74) is 2.12. The Balaban J connectivity index is 1.66. The molecule has 1 N–H and O–H groups in total. The third-order valence-electron chi connectivity index (χ3n) is 4.80. The van der Waals surface area contributed by atoms with Crippen LogP contribution in [0.4, 0.5) is 0 Å². The number of carbonyl (C=O) groups excluding carboxylic acids is 2. The molecule has 2 aromatic rings. The summed E-state index contributed by atoms with van der Waals surface area (Å²) in [6, 6.07) is 17.7. The molecule has 2 amide bonds. The third-order valence-corrected chi connectivity index (χ3v) is 4.80. The lowest BCUT2D eigenvalue weighted by molar-refractivity contribution is -0.131. The molecule has 0 aliphatic rings. The summed E-state index contributed by atoms with van der Waals surface area (Å²) in [5.74, 6) is 0.983. The number of carbonyl (C=O) groups is 2. The van der Waals surface area contributed by atoms with Crippen molar-refractivity contribution in [3.8, 4) is 5.75 Å². The van der Waals surface area contributed by atoms with Crippen LogP contribution in [0.25, 0.3) is 0 Å². The van der Waals surface area contributed by atoms with E-state index < -0.39 is 0 Å². The first-order valence-electron chi connectivity index (χ1n) is 10.9. The molecule has 0 atom stereocenters. The first kappa shape index (κ1) is 23.5. The summed E-state index contributed by atoms with van der Waals surface area (Å²) < 4.78 is 5.74. The molecule has 2 rings (SSSR count). The Bertz CT molecular complexity index is 754. The van der Waals surface area contributed by atoms with E-state index in [4.69, 9.17) is 4.74 Å². The highest BCUT2D eigenvalue weighted by molar-refractivity contribution is 5.79. The van der Waals surface area contributed by atoms with E-state index in [1.165, 1.54) is 0 Å². The van der Waals surface area contributed by atoms with Crippen LogP contribution >= 0.6 is 0 Å². The van der Waals surface area contributed by atoms with E-state index in [2.05, 4.69) is 19.2 Å². The number of amides is 2. The number of para-hydroxylation sites is 1. The second kappa shape index (κ2) is 13.4. The van der Waals surface area contributed by atoms with Crippen LogP contribution in [0, 0.1) is 0 Å². The van der Waals surface area contributed by atoms with Crippen LogP contribution in [0.15, 0.2) is 54.6 Å². The van der Waals surface area contributed by atoms with Crippen molar-refractivity contribution in [3.05, 3.63) is 65.7 Å². The zero-order chi connectivity index (χ0) is 21.6. The molecule has 5 nitrogen and oxygen atoms in total. The van der Waals surface area contributed by atoms with Crippen molar-refractivity contribution in [3.63, 3.8) is 0 Å². The Hall–Kier alpha value is -2.82. The van der Waals surface area contributed by atoms with E-state index >= 15 is 0 Å². The Labute approximate surface area is 180 Å². The van der Waals surface area contributed by atoms with Crippen LogP contribution < -0.4 is 10.1 Å². The fraction of sp³-hybridized carbons (Fsp3) is 0.440. The molecule has 0 saturated carbocycles. The predicted molar refractivity (Wildman–Crippen MR) is 120 cm³/mol. The monoisotopic (exact) mass is 410 g/mol. The standard InChI is InChI=1S/C25H34N2O3/c1-3-17-27(18-4-2)25(29)12-8-11-24(28)26-19-21-13-15-22(16-14-21)20-30-23-9-6-5-7-10-23/h5-7,9-10,13-16H,3-4,8,11-12,17-20H2,1-2H3,(H,26,28). The third kappa shape index (κ3) is 8.68. The maximum absolute atomic E-state index is 12.2. The molecular formula is C25H34N2O3. The summed E-state index contributed by atoms with van der Waals surface area (Å²) in [6.45, 7) is 6.75. The van der Waals surface area contributed by atoms with Crippen molar-refractivity contribution in [1.82, 2.24) is 10.2 Å². The molecule has 0 fully saturated rings. The largest absolute Gasteiger partial charge is 0.489 e. The zero-order valence-corrected chi connectivity index (χ0v) is 18.2. The van der Waals surface area contributed by atoms with Gasteiger partial charge in [-0.1, -0.05) is 56.3 Å². The van der Waals surface area contributed by atoms with Gasteiger partial charge in [-0.25, -0.2) is 0 Å². The molecule has 162 valence electrons. The number of nitrogens with one attached hydrogen (secondary N) is 1. The number of nitrogens with zero attached hydrogens (tertiary/aromatic N) is 1. The number of benzene rings is 2. The number of hydrogen-bond donors (Lipinski definition) is 1. The van der Waals surface area contributed by atoms with Crippen LogP contribution in [-0.2, 0) is 22.7 Å². The maximum atomic E-state index is 12.2. The van der Waals surface area contributed by atoms with Crippen LogP contribution in [0.2, 0.25) is 0 Å². The lowest BCUT2D eigenvalue weighted by atomic mass is 10.1. The van der Waals surface area contributed by atoms with E-state index in [0.717, 1.165) is 42.8 Å². The molecule has 0 spiro atoms.